The van der Waals surface area contributed by atoms with Crippen molar-refractivity contribution < 1.29 is 19.1 Å². The van der Waals surface area contributed by atoms with Crippen LogP contribution in [0.25, 0.3) is 11.5 Å². The van der Waals surface area contributed by atoms with Crippen molar-refractivity contribution in [3.05, 3.63) is 113 Å². The SMILES string of the molecule is Cc1oc(-c2ccccc2)nc1CCCc1ccc(CC(CC(=O)C(C)Cc2ccccc2)C(=O)O)cc1. The number of hydrogen-bond acceptors (Lipinski definition) is 4. The molecule has 0 aliphatic rings. The van der Waals surface area contributed by atoms with E-state index in [4.69, 9.17) is 4.42 Å². The third-order valence-corrected chi connectivity index (χ3v) is 7.03. The van der Waals surface area contributed by atoms with Crippen molar-refractivity contribution in [2.45, 2.75) is 52.4 Å². The van der Waals surface area contributed by atoms with Gasteiger partial charge >= 0.3 is 5.97 Å². The molecular formula is C33H35NO4. The first kappa shape index (κ1) is 27.1. The second kappa shape index (κ2) is 13.0. The van der Waals surface area contributed by atoms with Gasteiger partial charge in [-0.2, -0.15) is 0 Å². The largest absolute Gasteiger partial charge is 0.481 e. The molecule has 0 saturated carbocycles. The van der Waals surface area contributed by atoms with Crippen LogP contribution in [0.1, 0.15) is 47.9 Å². The molecule has 0 aliphatic carbocycles. The molecule has 0 fully saturated rings. The Labute approximate surface area is 224 Å². The van der Waals surface area contributed by atoms with E-state index in [0.29, 0.717) is 18.7 Å². The van der Waals surface area contributed by atoms with Gasteiger partial charge in [-0.1, -0.05) is 79.7 Å². The third-order valence-electron chi connectivity index (χ3n) is 7.03. The average molecular weight is 510 g/mol. The van der Waals surface area contributed by atoms with E-state index in [1.165, 1.54) is 5.56 Å². The van der Waals surface area contributed by atoms with Gasteiger partial charge in [-0.15, -0.1) is 0 Å². The number of carbonyl (C=O) groups excluding carboxylic acids is 1. The lowest BCUT2D eigenvalue weighted by Gasteiger charge is -2.16. The lowest BCUT2D eigenvalue weighted by molar-refractivity contribution is -0.144. The number of nitrogens with zero attached hydrogens (tertiary/aromatic N) is 1. The number of carboxylic acid groups (broad SMARTS) is 1. The van der Waals surface area contributed by atoms with Gasteiger partial charge in [0, 0.05) is 17.9 Å². The molecule has 1 heterocycles. The lowest BCUT2D eigenvalue weighted by atomic mass is 9.88. The van der Waals surface area contributed by atoms with Gasteiger partial charge in [-0.05, 0) is 67.9 Å². The number of carbonyl (C=O) groups is 2. The van der Waals surface area contributed by atoms with Crippen LogP contribution in [0.5, 0.6) is 0 Å². The topological polar surface area (TPSA) is 80.4 Å². The van der Waals surface area contributed by atoms with Crippen LogP contribution in [0.15, 0.2) is 89.3 Å². The molecule has 5 nitrogen and oxygen atoms in total. The number of aryl methyl sites for hydroxylation is 3. The number of benzene rings is 3. The fourth-order valence-corrected chi connectivity index (χ4v) is 4.72. The molecule has 3 aromatic carbocycles. The van der Waals surface area contributed by atoms with Crippen LogP contribution in [0, 0.1) is 18.8 Å². The molecular weight excluding hydrogens is 474 g/mol. The maximum atomic E-state index is 12.8. The molecule has 0 bridgehead atoms. The second-order valence-electron chi connectivity index (χ2n) is 10.1. The van der Waals surface area contributed by atoms with Crippen molar-refractivity contribution in [3.63, 3.8) is 0 Å². The molecule has 0 aliphatic heterocycles. The third kappa shape index (κ3) is 7.51. The number of hydrogen-bond donors (Lipinski definition) is 1. The standard InChI is InChI=1S/C33H35NO4/c1-23(20-26-10-5-3-6-11-26)31(35)22-29(33(36)37)21-27-18-16-25(17-19-27)12-9-15-30-24(2)38-32(34-30)28-13-7-4-8-14-28/h3-8,10-11,13-14,16-19,23,29H,9,12,15,20-22H2,1-2H3,(H,36,37). The number of Topliss-reactive ketones (excluding diaryl/α,β-unsaturated/α-hetero) is 1. The Morgan fingerprint density at radius 1 is 0.816 bits per heavy atom. The predicted molar refractivity (Wildman–Crippen MR) is 149 cm³/mol. The first-order valence-electron chi connectivity index (χ1n) is 13.3. The van der Waals surface area contributed by atoms with Crippen LogP contribution >= 0.6 is 0 Å². The highest BCUT2D eigenvalue weighted by Gasteiger charge is 2.24. The van der Waals surface area contributed by atoms with Gasteiger partial charge in [0.25, 0.3) is 0 Å². The first-order chi connectivity index (χ1) is 18.4. The normalized spacial score (nSPS) is 12.7. The molecule has 1 aromatic heterocycles. The van der Waals surface area contributed by atoms with E-state index in [1.807, 2.05) is 86.6 Å². The maximum absolute atomic E-state index is 12.8. The Hall–Kier alpha value is -3.99. The molecule has 0 radical (unpaired) electrons. The summed E-state index contributed by atoms with van der Waals surface area (Å²) in [6.07, 6.45) is 3.68. The van der Waals surface area contributed by atoms with Gasteiger partial charge in [0.1, 0.15) is 11.5 Å². The molecule has 4 rings (SSSR count). The second-order valence-corrected chi connectivity index (χ2v) is 10.1. The number of rotatable bonds is 13. The van der Waals surface area contributed by atoms with Crippen molar-refractivity contribution in [2.75, 3.05) is 0 Å². The van der Waals surface area contributed by atoms with Crippen LogP contribution < -0.4 is 0 Å². The van der Waals surface area contributed by atoms with E-state index in [-0.39, 0.29) is 18.1 Å². The molecule has 0 amide bonds. The highest BCUT2D eigenvalue weighted by molar-refractivity contribution is 5.85. The Morgan fingerprint density at radius 3 is 2.08 bits per heavy atom. The molecule has 0 spiro atoms. The zero-order valence-corrected chi connectivity index (χ0v) is 22.1. The van der Waals surface area contributed by atoms with Gasteiger partial charge in [0.15, 0.2) is 0 Å². The Kier molecular flexibility index (Phi) is 9.26. The molecule has 5 heteroatoms. The quantitative estimate of drug-likeness (QED) is 0.212. The molecule has 4 aromatic rings. The van der Waals surface area contributed by atoms with Crippen LogP contribution in [0.2, 0.25) is 0 Å². The number of oxazole rings is 1. The Morgan fingerprint density at radius 2 is 1.42 bits per heavy atom. The van der Waals surface area contributed by atoms with Crippen molar-refractivity contribution in [2.24, 2.45) is 11.8 Å². The maximum Gasteiger partial charge on any atom is 0.307 e. The molecule has 2 unspecified atom stereocenters. The van der Waals surface area contributed by atoms with E-state index >= 15 is 0 Å². The number of carboxylic acids is 1. The van der Waals surface area contributed by atoms with Crippen LogP contribution in [-0.4, -0.2) is 21.8 Å². The van der Waals surface area contributed by atoms with E-state index in [9.17, 15) is 14.7 Å². The fourth-order valence-electron chi connectivity index (χ4n) is 4.72. The van der Waals surface area contributed by atoms with Crippen LogP contribution in [0.3, 0.4) is 0 Å². The summed E-state index contributed by atoms with van der Waals surface area (Å²) in [4.78, 5) is 29.4. The number of aromatic nitrogens is 1. The highest BCUT2D eigenvalue weighted by Crippen LogP contribution is 2.23. The van der Waals surface area contributed by atoms with Gasteiger partial charge in [-0.25, -0.2) is 4.98 Å². The average Bonchev–Trinajstić information content (AvgIpc) is 3.30. The summed E-state index contributed by atoms with van der Waals surface area (Å²) in [6, 6.07) is 27.8. The molecule has 1 N–H and O–H groups in total. The minimum atomic E-state index is -0.924. The zero-order valence-electron chi connectivity index (χ0n) is 22.1. The van der Waals surface area contributed by atoms with Gasteiger partial charge in [-0.3, -0.25) is 9.59 Å². The van der Waals surface area contributed by atoms with Gasteiger partial charge in [0.05, 0.1) is 11.6 Å². The highest BCUT2D eigenvalue weighted by atomic mass is 16.4. The van der Waals surface area contributed by atoms with Gasteiger partial charge in [0.2, 0.25) is 5.89 Å². The van der Waals surface area contributed by atoms with Crippen molar-refractivity contribution in [1.82, 2.24) is 4.98 Å². The van der Waals surface area contributed by atoms with E-state index in [0.717, 1.165) is 47.4 Å². The van der Waals surface area contributed by atoms with Crippen molar-refractivity contribution in [3.8, 4) is 11.5 Å². The van der Waals surface area contributed by atoms with Crippen molar-refractivity contribution >= 4 is 11.8 Å². The summed E-state index contributed by atoms with van der Waals surface area (Å²) in [7, 11) is 0. The van der Waals surface area contributed by atoms with Gasteiger partial charge < -0.3 is 9.52 Å². The monoisotopic (exact) mass is 509 g/mol. The van der Waals surface area contributed by atoms with Crippen LogP contribution in [-0.2, 0) is 35.3 Å². The smallest absolute Gasteiger partial charge is 0.307 e. The minimum Gasteiger partial charge on any atom is -0.481 e. The lowest BCUT2D eigenvalue weighted by Crippen LogP contribution is -2.24. The molecule has 0 saturated heterocycles. The summed E-state index contributed by atoms with van der Waals surface area (Å²) in [6.45, 7) is 3.83. The Bertz CT molecular complexity index is 1330. The van der Waals surface area contributed by atoms with E-state index in [2.05, 4.69) is 17.1 Å². The van der Waals surface area contributed by atoms with Crippen LogP contribution in [0.4, 0.5) is 0 Å². The van der Waals surface area contributed by atoms with E-state index in [1.54, 1.807) is 0 Å². The Balaban J connectivity index is 1.27. The van der Waals surface area contributed by atoms with E-state index < -0.39 is 11.9 Å². The number of ketones is 1. The summed E-state index contributed by atoms with van der Waals surface area (Å²) < 4.78 is 5.86. The molecule has 2 atom stereocenters. The fraction of sp³-hybridized carbons (Fsp3) is 0.303. The zero-order chi connectivity index (χ0) is 26.9. The number of aliphatic carboxylic acids is 1. The summed E-state index contributed by atoms with van der Waals surface area (Å²) in [5.74, 6) is -0.349. The summed E-state index contributed by atoms with van der Waals surface area (Å²) >= 11 is 0. The first-order valence-corrected chi connectivity index (χ1v) is 13.3. The summed E-state index contributed by atoms with van der Waals surface area (Å²) in [5, 5.41) is 9.76. The molecule has 38 heavy (non-hydrogen) atoms. The molecule has 196 valence electrons. The van der Waals surface area contributed by atoms with Crippen molar-refractivity contribution in [1.29, 1.82) is 0 Å². The predicted octanol–water partition coefficient (Wildman–Crippen LogP) is 6.91. The minimum absolute atomic E-state index is 0.00329. The summed E-state index contributed by atoms with van der Waals surface area (Å²) in [5.41, 5.74) is 5.17.